The van der Waals surface area contributed by atoms with Crippen LogP contribution in [0, 0.1) is 5.92 Å². The molecule has 0 saturated carbocycles. The lowest BCUT2D eigenvalue weighted by Crippen LogP contribution is -2.50. The van der Waals surface area contributed by atoms with Gasteiger partial charge in [-0.2, -0.15) is 0 Å². The Morgan fingerprint density at radius 3 is 2.46 bits per heavy atom. The SMILES string of the molecule is COC1CCN(CC2CNC2)CC1. The van der Waals surface area contributed by atoms with Crippen LogP contribution in [0.25, 0.3) is 0 Å². The molecule has 0 aromatic carbocycles. The number of hydrogen-bond acceptors (Lipinski definition) is 3. The number of hydrogen-bond donors (Lipinski definition) is 1. The summed E-state index contributed by atoms with van der Waals surface area (Å²) in [6.07, 6.45) is 2.96. The first-order valence-electron chi connectivity index (χ1n) is 5.34. The van der Waals surface area contributed by atoms with E-state index in [1.807, 2.05) is 7.11 Å². The molecule has 0 aliphatic carbocycles. The Morgan fingerprint density at radius 1 is 1.31 bits per heavy atom. The quantitative estimate of drug-likeness (QED) is 0.683. The van der Waals surface area contributed by atoms with E-state index in [9.17, 15) is 0 Å². The Bertz CT molecular complexity index is 151. The third-order valence-corrected chi connectivity index (χ3v) is 3.25. The lowest BCUT2D eigenvalue weighted by Gasteiger charge is -2.36. The predicted molar refractivity (Wildman–Crippen MR) is 52.8 cm³/mol. The third-order valence-electron chi connectivity index (χ3n) is 3.25. The molecule has 0 bridgehead atoms. The molecule has 2 saturated heterocycles. The van der Waals surface area contributed by atoms with Crippen molar-refractivity contribution < 1.29 is 4.74 Å². The van der Waals surface area contributed by atoms with Gasteiger partial charge in [0.15, 0.2) is 0 Å². The van der Waals surface area contributed by atoms with Crippen molar-refractivity contribution in [2.45, 2.75) is 18.9 Å². The molecule has 0 radical (unpaired) electrons. The van der Waals surface area contributed by atoms with Crippen LogP contribution in [0.1, 0.15) is 12.8 Å². The van der Waals surface area contributed by atoms with Crippen molar-refractivity contribution in [2.24, 2.45) is 5.92 Å². The van der Waals surface area contributed by atoms with Gasteiger partial charge < -0.3 is 15.0 Å². The van der Waals surface area contributed by atoms with Crippen molar-refractivity contribution in [3.8, 4) is 0 Å². The fourth-order valence-corrected chi connectivity index (χ4v) is 2.17. The summed E-state index contributed by atoms with van der Waals surface area (Å²) in [5.74, 6) is 0.916. The number of likely N-dealkylation sites (tertiary alicyclic amines) is 1. The van der Waals surface area contributed by atoms with Crippen LogP contribution in [0.4, 0.5) is 0 Å². The summed E-state index contributed by atoms with van der Waals surface area (Å²) in [4.78, 5) is 2.58. The van der Waals surface area contributed by atoms with Crippen molar-refractivity contribution in [2.75, 3.05) is 39.8 Å². The minimum absolute atomic E-state index is 0.524. The van der Waals surface area contributed by atoms with Gasteiger partial charge in [0, 0.05) is 39.8 Å². The Morgan fingerprint density at radius 2 is 2.00 bits per heavy atom. The van der Waals surface area contributed by atoms with E-state index in [1.54, 1.807) is 0 Å². The zero-order chi connectivity index (χ0) is 9.10. The number of rotatable bonds is 3. The highest BCUT2D eigenvalue weighted by molar-refractivity contribution is 4.80. The van der Waals surface area contributed by atoms with Crippen LogP contribution in [0.2, 0.25) is 0 Å². The van der Waals surface area contributed by atoms with Crippen LogP contribution < -0.4 is 5.32 Å². The van der Waals surface area contributed by atoms with Crippen molar-refractivity contribution in [1.82, 2.24) is 10.2 Å². The second-order valence-corrected chi connectivity index (χ2v) is 4.26. The topological polar surface area (TPSA) is 24.5 Å². The van der Waals surface area contributed by atoms with Gasteiger partial charge in [0.1, 0.15) is 0 Å². The summed E-state index contributed by atoms with van der Waals surface area (Å²) in [5.41, 5.74) is 0. The molecule has 0 unspecified atom stereocenters. The maximum atomic E-state index is 5.35. The molecule has 0 spiro atoms. The van der Waals surface area contributed by atoms with Crippen LogP contribution in [0.15, 0.2) is 0 Å². The van der Waals surface area contributed by atoms with Crippen LogP contribution >= 0.6 is 0 Å². The van der Waals surface area contributed by atoms with E-state index in [0.29, 0.717) is 6.10 Å². The Labute approximate surface area is 80.4 Å². The van der Waals surface area contributed by atoms with Crippen molar-refractivity contribution in [3.05, 3.63) is 0 Å². The fraction of sp³-hybridized carbons (Fsp3) is 1.00. The normalized spacial score (nSPS) is 27.5. The van der Waals surface area contributed by atoms with E-state index in [2.05, 4.69) is 10.2 Å². The number of methoxy groups -OCH3 is 1. The van der Waals surface area contributed by atoms with Crippen LogP contribution in [-0.4, -0.2) is 50.8 Å². The predicted octanol–water partition coefficient (Wildman–Crippen LogP) is 0.317. The molecule has 0 atom stereocenters. The summed E-state index contributed by atoms with van der Waals surface area (Å²) in [6.45, 7) is 6.21. The van der Waals surface area contributed by atoms with Crippen molar-refractivity contribution in [3.63, 3.8) is 0 Å². The van der Waals surface area contributed by atoms with E-state index >= 15 is 0 Å². The highest BCUT2D eigenvalue weighted by Gasteiger charge is 2.23. The van der Waals surface area contributed by atoms with Crippen LogP contribution in [0.3, 0.4) is 0 Å². The maximum absolute atomic E-state index is 5.35. The first kappa shape index (κ1) is 9.44. The average Bonchev–Trinajstić information content (AvgIpc) is 2.12. The zero-order valence-electron chi connectivity index (χ0n) is 8.46. The lowest BCUT2D eigenvalue weighted by molar-refractivity contribution is 0.0338. The summed E-state index contributed by atoms with van der Waals surface area (Å²) >= 11 is 0. The monoisotopic (exact) mass is 184 g/mol. The molecular formula is C10H20N2O. The number of nitrogens with zero attached hydrogens (tertiary/aromatic N) is 1. The molecule has 13 heavy (non-hydrogen) atoms. The van der Waals surface area contributed by atoms with Gasteiger partial charge in [0.05, 0.1) is 6.10 Å². The molecule has 0 aromatic heterocycles. The first-order valence-corrected chi connectivity index (χ1v) is 5.34. The standard InChI is InChI=1S/C10H20N2O/c1-13-10-2-4-12(5-3-10)8-9-6-11-7-9/h9-11H,2-8H2,1H3. The summed E-state index contributed by atoms with van der Waals surface area (Å²) in [6, 6.07) is 0. The molecule has 2 aliphatic rings. The van der Waals surface area contributed by atoms with E-state index in [0.717, 1.165) is 5.92 Å². The molecule has 1 N–H and O–H groups in total. The van der Waals surface area contributed by atoms with Gasteiger partial charge in [-0.15, -0.1) is 0 Å². The first-order chi connectivity index (χ1) is 6.38. The minimum Gasteiger partial charge on any atom is -0.381 e. The molecule has 76 valence electrons. The van der Waals surface area contributed by atoms with E-state index in [4.69, 9.17) is 4.74 Å². The molecule has 0 aromatic rings. The van der Waals surface area contributed by atoms with Crippen LogP contribution in [0.5, 0.6) is 0 Å². The summed E-state index contributed by atoms with van der Waals surface area (Å²) < 4.78 is 5.35. The largest absolute Gasteiger partial charge is 0.381 e. The van der Waals surface area contributed by atoms with Crippen molar-refractivity contribution >= 4 is 0 Å². The molecule has 2 heterocycles. The zero-order valence-corrected chi connectivity index (χ0v) is 8.46. The Hall–Kier alpha value is -0.120. The second kappa shape index (κ2) is 4.40. The lowest BCUT2D eigenvalue weighted by atomic mass is 10.0. The molecule has 2 fully saturated rings. The second-order valence-electron chi connectivity index (χ2n) is 4.26. The maximum Gasteiger partial charge on any atom is 0.0595 e. The fourth-order valence-electron chi connectivity index (χ4n) is 2.17. The number of piperidine rings is 1. The van der Waals surface area contributed by atoms with Gasteiger partial charge in [0.2, 0.25) is 0 Å². The Kier molecular flexibility index (Phi) is 3.19. The summed E-state index contributed by atoms with van der Waals surface area (Å²) in [7, 11) is 1.83. The van der Waals surface area contributed by atoms with E-state index < -0.39 is 0 Å². The van der Waals surface area contributed by atoms with Gasteiger partial charge in [-0.1, -0.05) is 0 Å². The van der Waals surface area contributed by atoms with Crippen molar-refractivity contribution in [1.29, 1.82) is 0 Å². The minimum atomic E-state index is 0.524. The summed E-state index contributed by atoms with van der Waals surface area (Å²) in [5, 5.41) is 3.32. The highest BCUT2D eigenvalue weighted by Crippen LogP contribution is 2.15. The highest BCUT2D eigenvalue weighted by atomic mass is 16.5. The molecule has 0 amide bonds. The van der Waals surface area contributed by atoms with Gasteiger partial charge in [-0.05, 0) is 18.8 Å². The Balaban J connectivity index is 1.65. The molecule has 2 aliphatic heterocycles. The van der Waals surface area contributed by atoms with Gasteiger partial charge in [0.25, 0.3) is 0 Å². The molecule has 3 nitrogen and oxygen atoms in total. The van der Waals surface area contributed by atoms with E-state index in [-0.39, 0.29) is 0 Å². The van der Waals surface area contributed by atoms with Gasteiger partial charge in [-0.3, -0.25) is 0 Å². The van der Waals surface area contributed by atoms with Crippen LogP contribution in [-0.2, 0) is 4.74 Å². The molecule has 2 rings (SSSR count). The number of nitrogens with one attached hydrogen (secondary N) is 1. The average molecular weight is 184 g/mol. The van der Waals surface area contributed by atoms with Gasteiger partial charge >= 0.3 is 0 Å². The third kappa shape index (κ3) is 2.42. The number of ether oxygens (including phenoxy) is 1. The van der Waals surface area contributed by atoms with Gasteiger partial charge in [-0.25, -0.2) is 0 Å². The van der Waals surface area contributed by atoms with E-state index in [1.165, 1.54) is 45.6 Å². The molecule has 3 heteroatoms. The molecular weight excluding hydrogens is 164 g/mol. The smallest absolute Gasteiger partial charge is 0.0595 e.